The molecule has 3 nitrogen and oxygen atoms in total. The Morgan fingerprint density at radius 3 is 2.94 bits per heavy atom. The Hall–Kier alpha value is -1.61. The van der Waals surface area contributed by atoms with Crippen LogP contribution in [0.15, 0.2) is 34.9 Å². The maximum atomic E-state index is 5.39. The summed E-state index contributed by atoms with van der Waals surface area (Å²) in [6.45, 7) is 2.89. The molecule has 0 radical (unpaired) electrons. The van der Waals surface area contributed by atoms with Crippen molar-refractivity contribution in [2.75, 3.05) is 0 Å². The monoisotopic (exact) mass is 228 g/mol. The van der Waals surface area contributed by atoms with Crippen LogP contribution in [-0.2, 0) is 6.54 Å². The van der Waals surface area contributed by atoms with Gasteiger partial charge in [0.1, 0.15) is 0 Å². The fourth-order valence-electron chi connectivity index (χ4n) is 1.91. The molecule has 0 atom stereocenters. The van der Waals surface area contributed by atoms with E-state index in [-0.39, 0.29) is 0 Å². The highest BCUT2D eigenvalue weighted by Crippen LogP contribution is 2.24. The van der Waals surface area contributed by atoms with Crippen molar-refractivity contribution in [3.05, 3.63) is 41.6 Å². The lowest BCUT2D eigenvalue weighted by Gasteiger charge is -1.99. The molecular weight excluding hydrogens is 212 g/mol. The minimum atomic E-state index is 0.702. The quantitative estimate of drug-likeness (QED) is 0.874. The predicted octanol–water partition coefficient (Wildman–Crippen LogP) is 2.90. The second kappa shape index (κ2) is 4.34. The molecule has 0 amide bonds. The van der Waals surface area contributed by atoms with E-state index < -0.39 is 0 Å². The van der Waals surface area contributed by atoms with Crippen LogP contribution in [0.25, 0.3) is 11.3 Å². The molecule has 0 saturated heterocycles. The maximum Gasteiger partial charge on any atom is 0.167 e. The van der Waals surface area contributed by atoms with E-state index in [2.05, 4.69) is 29.5 Å². The molecule has 1 aromatic carbocycles. The molecule has 88 valence electrons. The van der Waals surface area contributed by atoms with Gasteiger partial charge in [-0.05, 0) is 25.3 Å². The number of nitrogens with one attached hydrogen (secondary N) is 1. The highest BCUT2D eigenvalue weighted by atomic mass is 16.5. The van der Waals surface area contributed by atoms with E-state index in [4.69, 9.17) is 4.52 Å². The lowest BCUT2D eigenvalue weighted by Crippen LogP contribution is -2.15. The second-order valence-corrected chi connectivity index (χ2v) is 4.65. The van der Waals surface area contributed by atoms with Gasteiger partial charge in [0.05, 0.1) is 5.69 Å². The third-order valence-corrected chi connectivity index (χ3v) is 3.12. The number of aryl methyl sites for hydroxylation is 1. The van der Waals surface area contributed by atoms with Gasteiger partial charge < -0.3 is 9.84 Å². The topological polar surface area (TPSA) is 38.1 Å². The minimum Gasteiger partial charge on any atom is -0.356 e. The second-order valence-electron chi connectivity index (χ2n) is 4.65. The largest absolute Gasteiger partial charge is 0.356 e. The number of benzene rings is 1. The van der Waals surface area contributed by atoms with Gasteiger partial charge in [-0.1, -0.05) is 29.4 Å². The summed E-state index contributed by atoms with van der Waals surface area (Å²) in [6, 6.07) is 10.9. The van der Waals surface area contributed by atoms with Gasteiger partial charge in [-0.25, -0.2) is 0 Å². The van der Waals surface area contributed by atoms with E-state index in [1.165, 1.54) is 18.4 Å². The van der Waals surface area contributed by atoms with Crippen molar-refractivity contribution >= 4 is 0 Å². The van der Waals surface area contributed by atoms with Gasteiger partial charge in [-0.15, -0.1) is 0 Å². The Kier molecular flexibility index (Phi) is 2.69. The van der Waals surface area contributed by atoms with Gasteiger partial charge in [0, 0.05) is 24.2 Å². The minimum absolute atomic E-state index is 0.702. The van der Waals surface area contributed by atoms with Crippen LogP contribution in [0.3, 0.4) is 0 Å². The van der Waals surface area contributed by atoms with Gasteiger partial charge >= 0.3 is 0 Å². The van der Waals surface area contributed by atoms with Crippen LogP contribution in [0.4, 0.5) is 0 Å². The van der Waals surface area contributed by atoms with Gasteiger partial charge in [0.2, 0.25) is 0 Å². The summed E-state index contributed by atoms with van der Waals surface area (Å²) in [7, 11) is 0. The fourth-order valence-corrected chi connectivity index (χ4v) is 1.91. The van der Waals surface area contributed by atoms with Crippen LogP contribution in [0.2, 0.25) is 0 Å². The summed E-state index contributed by atoms with van der Waals surface area (Å²) in [4.78, 5) is 0. The Bertz CT molecular complexity index is 514. The highest BCUT2D eigenvalue weighted by molar-refractivity contribution is 5.61. The van der Waals surface area contributed by atoms with E-state index in [9.17, 15) is 0 Å². The fraction of sp³-hybridized carbons (Fsp3) is 0.357. The van der Waals surface area contributed by atoms with Crippen LogP contribution in [0.1, 0.15) is 24.1 Å². The molecule has 1 fully saturated rings. The zero-order valence-electron chi connectivity index (χ0n) is 9.94. The summed E-state index contributed by atoms with van der Waals surface area (Å²) < 4.78 is 5.39. The van der Waals surface area contributed by atoms with Crippen LogP contribution < -0.4 is 5.32 Å². The number of hydrogen-bond acceptors (Lipinski definition) is 3. The Labute approximate surface area is 101 Å². The van der Waals surface area contributed by atoms with E-state index in [0.29, 0.717) is 6.04 Å². The van der Waals surface area contributed by atoms with E-state index in [0.717, 1.165) is 23.6 Å². The number of nitrogens with zero attached hydrogens (tertiary/aromatic N) is 1. The summed E-state index contributed by atoms with van der Waals surface area (Å²) >= 11 is 0. The van der Waals surface area contributed by atoms with Crippen LogP contribution in [-0.4, -0.2) is 11.2 Å². The Balaban J connectivity index is 1.77. The van der Waals surface area contributed by atoms with Crippen molar-refractivity contribution in [1.29, 1.82) is 0 Å². The zero-order valence-corrected chi connectivity index (χ0v) is 9.94. The number of hydrogen-bond donors (Lipinski definition) is 1. The summed E-state index contributed by atoms with van der Waals surface area (Å²) in [5.74, 6) is 0.857. The molecular formula is C14H16N2O. The highest BCUT2D eigenvalue weighted by Gasteiger charge is 2.20. The van der Waals surface area contributed by atoms with Crippen molar-refractivity contribution in [1.82, 2.24) is 10.5 Å². The molecule has 17 heavy (non-hydrogen) atoms. The Morgan fingerprint density at radius 2 is 2.18 bits per heavy atom. The number of rotatable bonds is 4. The van der Waals surface area contributed by atoms with Crippen LogP contribution >= 0.6 is 0 Å². The third kappa shape index (κ3) is 2.39. The molecule has 1 aliphatic carbocycles. The maximum absolute atomic E-state index is 5.39. The molecule has 1 N–H and O–H groups in total. The molecule has 1 aliphatic rings. The first-order chi connectivity index (χ1) is 8.33. The number of aromatic nitrogens is 1. The Morgan fingerprint density at radius 1 is 1.35 bits per heavy atom. The first-order valence-corrected chi connectivity index (χ1v) is 6.08. The van der Waals surface area contributed by atoms with Gasteiger partial charge in [0.25, 0.3) is 0 Å². The molecule has 0 unspecified atom stereocenters. The molecule has 3 heteroatoms. The van der Waals surface area contributed by atoms with E-state index >= 15 is 0 Å². The molecule has 0 bridgehead atoms. The normalized spacial score (nSPS) is 15.1. The smallest absolute Gasteiger partial charge is 0.167 e. The standard InChI is InChI=1S/C14H16N2O/c1-10-4-2-3-5-13(10)14-8-12(16-17-14)9-15-11-6-7-11/h2-5,8,11,15H,6-7,9H2,1H3. The molecule has 0 aliphatic heterocycles. The summed E-state index contributed by atoms with van der Waals surface area (Å²) in [5, 5.41) is 7.53. The van der Waals surface area contributed by atoms with E-state index in [1.54, 1.807) is 0 Å². The van der Waals surface area contributed by atoms with Gasteiger partial charge in [-0.3, -0.25) is 0 Å². The van der Waals surface area contributed by atoms with Crippen molar-refractivity contribution in [2.24, 2.45) is 0 Å². The van der Waals surface area contributed by atoms with Gasteiger partial charge in [0.15, 0.2) is 5.76 Å². The average Bonchev–Trinajstić information content (AvgIpc) is 3.06. The summed E-state index contributed by atoms with van der Waals surface area (Å²) in [6.07, 6.45) is 2.59. The van der Waals surface area contributed by atoms with Crippen molar-refractivity contribution in [3.63, 3.8) is 0 Å². The van der Waals surface area contributed by atoms with Gasteiger partial charge in [-0.2, -0.15) is 0 Å². The molecule has 1 heterocycles. The van der Waals surface area contributed by atoms with Crippen LogP contribution in [0, 0.1) is 6.92 Å². The SMILES string of the molecule is Cc1ccccc1-c1cc(CNC2CC2)no1. The molecule has 2 aromatic rings. The zero-order chi connectivity index (χ0) is 11.7. The average molecular weight is 228 g/mol. The predicted molar refractivity (Wildman–Crippen MR) is 66.5 cm³/mol. The van der Waals surface area contributed by atoms with Crippen LogP contribution in [0.5, 0.6) is 0 Å². The van der Waals surface area contributed by atoms with E-state index in [1.807, 2.05) is 18.2 Å². The molecule has 0 spiro atoms. The molecule has 1 aromatic heterocycles. The lowest BCUT2D eigenvalue weighted by atomic mass is 10.1. The summed E-state index contributed by atoms with van der Waals surface area (Å²) in [5.41, 5.74) is 3.32. The molecule has 1 saturated carbocycles. The first-order valence-electron chi connectivity index (χ1n) is 6.08. The van der Waals surface area contributed by atoms with Crippen molar-refractivity contribution < 1.29 is 4.52 Å². The molecule has 3 rings (SSSR count). The van der Waals surface area contributed by atoms with Crippen molar-refractivity contribution in [2.45, 2.75) is 32.4 Å². The lowest BCUT2D eigenvalue weighted by molar-refractivity contribution is 0.419. The third-order valence-electron chi connectivity index (χ3n) is 3.12. The van der Waals surface area contributed by atoms with Crippen molar-refractivity contribution in [3.8, 4) is 11.3 Å². The first kappa shape index (κ1) is 10.5.